The summed E-state index contributed by atoms with van der Waals surface area (Å²) in [6.45, 7) is 4.72. The van der Waals surface area contributed by atoms with Crippen molar-refractivity contribution in [1.82, 2.24) is 9.80 Å². The SMILES string of the molecule is CSc1ccc(NC(=O)N(CCCN2CCC(Cc3ccccc3)CC2)Cc2ccccc2)cc1. The molecule has 1 heterocycles. The molecule has 4 rings (SSSR count). The number of amides is 2. The fraction of sp³-hybridized carbons (Fsp3) is 0.367. The number of carbonyl (C=O) groups is 1. The summed E-state index contributed by atoms with van der Waals surface area (Å²) in [6.07, 6.45) is 6.75. The van der Waals surface area contributed by atoms with E-state index in [9.17, 15) is 4.79 Å². The molecule has 1 aliphatic rings. The Bertz CT molecular complexity index is 1020. The van der Waals surface area contributed by atoms with Crippen LogP contribution in [0.25, 0.3) is 0 Å². The molecule has 3 aromatic carbocycles. The molecular weight excluding hydrogens is 450 g/mol. The van der Waals surface area contributed by atoms with Gasteiger partial charge >= 0.3 is 6.03 Å². The van der Waals surface area contributed by atoms with Gasteiger partial charge in [-0.3, -0.25) is 0 Å². The maximum Gasteiger partial charge on any atom is 0.322 e. The predicted octanol–water partition coefficient (Wildman–Crippen LogP) is 6.79. The lowest BCUT2D eigenvalue weighted by molar-refractivity contribution is 0.170. The Morgan fingerprint density at radius 1 is 0.914 bits per heavy atom. The third-order valence-corrected chi connectivity index (χ3v) is 7.57. The van der Waals surface area contributed by atoms with Crippen LogP contribution in [-0.2, 0) is 13.0 Å². The smallest absolute Gasteiger partial charge is 0.320 e. The first-order chi connectivity index (χ1) is 17.2. The number of nitrogens with one attached hydrogen (secondary N) is 1. The Labute approximate surface area is 214 Å². The molecule has 0 radical (unpaired) electrons. The van der Waals surface area contributed by atoms with Crippen LogP contribution in [0.4, 0.5) is 10.5 Å². The number of piperidine rings is 1. The highest BCUT2D eigenvalue weighted by Gasteiger charge is 2.20. The molecule has 184 valence electrons. The molecule has 1 N–H and O–H groups in total. The monoisotopic (exact) mass is 487 g/mol. The van der Waals surface area contributed by atoms with Crippen LogP contribution in [0.3, 0.4) is 0 Å². The van der Waals surface area contributed by atoms with E-state index in [0.717, 1.165) is 49.8 Å². The molecule has 0 unspecified atom stereocenters. The van der Waals surface area contributed by atoms with E-state index in [4.69, 9.17) is 0 Å². The molecule has 0 atom stereocenters. The topological polar surface area (TPSA) is 35.6 Å². The zero-order chi connectivity index (χ0) is 24.3. The Balaban J connectivity index is 1.27. The zero-order valence-corrected chi connectivity index (χ0v) is 21.6. The van der Waals surface area contributed by atoms with E-state index >= 15 is 0 Å². The van der Waals surface area contributed by atoms with Gasteiger partial charge in [-0.05, 0) is 92.9 Å². The van der Waals surface area contributed by atoms with E-state index in [0.29, 0.717) is 6.54 Å². The van der Waals surface area contributed by atoms with Crippen molar-refractivity contribution in [3.63, 3.8) is 0 Å². The van der Waals surface area contributed by atoms with Gasteiger partial charge in [0.1, 0.15) is 0 Å². The first kappa shape index (κ1) is 25.3. The summed E-state index contributed by atoms with van der Waals surface area (Å²) in [5.74, 6) is 0.784. The minimum absolute atomic E-state index is 0.0349. The van der Waals surface area contributed by atoms with Crippen LogP contribution in [0, 0.1) is 5.92 Å². The van der Waals surface area contributed by atoms with Crippen LogP contribution in [-0.4, -0.2) is 48.3 Å². The van der Waals surface area contributed by atoms with Crippen LogP contribution in [0.1, 0.15) is 30.4 Å². The first-order valence-electron chi connectivity index (χ1n) is 12.7. The molecule has 0 spiro atoms. The van der Waals surface area contributed by atoms with E-state index in [1.54, 1.807) is 11.8 Å². The second-order valence-electron chi connectivity index (χ2n) is 9.39. The van der Waals surface area contributed by atoms with Crippen molar-refractivity contribution in [3.05, 3.63) is 96.1 Å². The summed E-state index contributed by atoms with van der Waals surface area (Å²) in [4.78, 5) is 18.9. The summed E-state index contributed by atoms with van der Waals surface area (Å²) in [6, 6.07) is 29.1. The van der Waals surface area contributed by atoms with Crippen molar-refractivity contribution in [2.45, 2.75) is 37.1 Å². The summed E-state index contributed by atoms with van der Waals surface area (Å²) >= 11 is 1.70. The largest absolute Gasteiger partial charge is 0.322 e. The second-order valence-corrected chi connectivity index (χ2v) is 10.3. The van der Waals surface area contributed by atoms with Gasteiger partial charge in [0.2, 0.25) is 0 Å². The van der Waals surface area contributed by atoms with Crippen LogP contribution in [0.15, 0.2) is 89.8 Å². The van der Waals surface area contributed by atoms with Gasteiger partial charge in [-0.1, -0.05) is 60.7 Å². The fourth-order valence-corrected chi connectivity index (χ4v) is 5.19. The molecule has 3 aromatic rings. The number of urea groups is 1. The number of hydrogen-bond donors (Lipinski definition) is 1. The third-order valence-electron chi connectivity index (χ3n) is 6.82. The average molecular weight is 488 g/mol. The number of thioether (sulfide) groups is 1. The molecule has 1 saturated heterocycles. The van der Waals surface area contributed by atoms with Crippen LogP contribution in [0.5, 0.6) is 0 Å². The number of carbonyl (C=O) groups excluding carboxylic acids is 1. The molecule has 0 aliphatic carbocycles. The van der Waals surface area contributed by atoms with Gasteiger partial charge in [0, 0.05) is 23.7 Å². The molecule has 35 heavy (non-hydrogen) atoms. The van der Waals surface area contributed by atoms with Crippen molar-refractivity contribution in [2.24, 2.45) is 5.92 Å². The standard InChI is InChI=1S/C30H37N3OS/c1-35-29-15-13-28(14-16-29)31-30(34)33(24-27-11-6-3-7-12-27)20-8-19-32-21-17-26(18-22-32)23-25-9-4-2-5-10-25/h2-7,9-16,26H,8,17-24H2,1H3,(H,31,34). The number of rotatable bonds is 10. The molecule has 5 heteroatoms. The number of hydrogen-bond acceptors (Lipinski definition) is 3. The number of anilines is 1. The van der Waals surface area contributed by atoms with Crippen molar-refractivity contribution in [3.8, 4) is 0 Å². The highest BCUT2D eigenvalue weighted by molar-refractivity contribution is 7.98. The molecule has 0 aromatic heterocycles. The maximum atomic E-state index is 13.2. The number of nitrogens with zero attached hydrogens (tertiary/aromatic N) is 2. The lowest BCUT2D eigenvalue weighted by Crippen LogP contribution is -2.39. The Morgan fingerprint density at radius 3 is 2.17 bits per heavy atom. The van der Waals surface area contributed by atoms with Gasteiger partial charge in [0.15, 0.2) is 0 Å². The van der Waals surface area contributed by atoms with E-state index in [1.165, 1.54) is 29.7 Å². The van der Waals surface area contributed by atoms with Gasteiger partial charge in [-0.25, -0.2) is 4.79 Å². The summed E-state index contributed by atoms with van der Waals surface area (Å²) in [7, 11) is 0. The molecule has 0 saturated carbocycles. The lowest BCUT2D eigenvalue weighted by atomic mass is 9.90. The zero-order valence-electron chi connectivity index (χ0n) is 20.7. The molecule has 1 aliphatic heterocycles. The summed E-state index contributed by atoms with van der Waals surface area (Å²) < 4.78 is 0. The maximum absolute atomic E-state index is 13.2. The average Bonchev–Trinajstić information content (AvgIpc) is 2.91. The van der Waals surface area contributed by atoms with Gasteiger partial charge in [0.25, 0.3) is 0 Å². The van der Waals surface area contributed by atoms with Crippen molar-refractivity contribution in [1.29, 1.82) is 0 Å². The Morgan fingerprint density at radius 2 is 1.54 bits per heavy atom. The van der Waals surface area contributed by atoms with Crippen molar-refractivity contribution in [2.75, 3.05) is 37.8 Å². The molecule has 4 nitrogen and oxygen atoms in total. The van der Waals surface area contributed by atoms with Gasteiger partial charge in [-0.2, -0.15) is 0 Å². The summed E-state index contributed by atoms with van der Waals surface area (Å²) in [5, 5.41) is 3.10. The quantitative estimate of drug-likeness (QED) is 0.320. The minimum atomic E-state index is -0.0349. The van der Waals surface area contributed by atoms with E-state index < -0.39 is 0 Å². The number of benzene rings is 3. The Hall–Kier alpha value is -2.76. The number of likely N-dealkylation sites (tertiary alicyclic amines) is 1. The normalized spacial score (nSPS) is 14.5. The van der Waals surface area contributed by atoms with Crippen LogP contribution < -0.4 is 5.32 Å². The second kappa shape index (κ2) is 13.4. The molecule has 0 bridgehead atoms. The Kier molecular flexibility index (Phi) is 9.67. The molecule has 1 fully saturated rings. The summed E-state index contributed by atoms with van der Waals surface area (Å²) in [5.41, 5.74) is 3.45. The van der Waals surface area contributed by atoms with E-state index in [1.807, 2.05) is 47.4 Å². The van der Waals surface area contributed by atoms with Crippen molar-refractivity contribution < 1.29 is 4.79 Å². The van der Waals surface area contributed by atoms with Crippen LogP contribution in [0.2, 0.25) is 0 Å². The van der Waals surface area contributed by atoms with Crippen LogP contribution >= 0.6 is 11.8 Å². The fourth-order valence-electron chi connectivity index (χ4n) is 4.78. The predicted molar refractivity (Wildman–Crippen MR) is 148 cm³/mol. The van der Waals surface area contributed by atoms with Gasteiger partial charge in [-0.15, -0.1) is 11.8 Å². The highest BCUT2D eigenvalue weighted by atomic mass is 32.2. The first-order valence-corrected chi connectivity index (χ1v) is 13.9. The van der Waals surface area contributed by atoms with E-state index in [2.05, 4.69) is 58.9 Å². The molecule has 2 amide bonds. The molecular formula is C30H37N3OS. The lowest BCUT2D eigenvalue weighted by Gasteiger charge is -2.32. The van der Waals surface area contributed by atoms with Gasteiger partial charge in [0.05, 0.1) is 0 Å². The van der Waals surface area contributed by atoms with E-state index in [-0.39, 0.29) is 6.03 Å². The van der Waals surface area contributed by atoms with Gasteiger partial charge < -0.3 is 15.1 Å². The highest BCUT2D eigenvalue weighted by Crippen LogP contribution is 2.22. The minimum Gasteiger partial charge on any atom is -0.320 e. The van der Waals surface area contributed by atoms with Crippen molar-refractivity contribution >= 4 is 23.5 Å². The third kappa shape index (κ3) is 8.15.